The van der Waals surface area contributed by atoms with Gasteiger partial charge in [-0.25, -0.2) is 19.9 Å². The lowest BCUT2D eigenvalue weighted by Gasteiger charge is -2.38. The molecule has 276 valence electrons. The summed E-state index contributed by atoms with van der Waals surface area (Å²) in [5.74, 6) is -2.33. The normalized spacial score (nSPS) is 18.9. The monoisotopic (exact) mass is 750 g/mol. The van der Waals surface area contributed by atoms with Crippen molar-refractivity contribution in [1.29, 1.82) is 0 Å². The maximum absolute atomic E-state index is 13.5. The lowest BCUT2D eigenvalue weighted by atomic mass is 9.77. The van der Waals surface area contributed by atoms with Gasteiger partial charge in [0.15, 0.2) is 11.2 Å². The minimum absolute atomic E-state index is 0.0213. The smallest absolute Gasteiger partial charge is 0.350 e. The van der Waals surface area contributed by atoms with E-state index in [1.807, 2.05) is 0 Å². The second kappa shape index (κ2) is 11.6. The standard InChI is InChI=1S/C42H26N2O12/c45-20-9-11-28-32(15-20)52-34-17-22(47)13-30(37(34)41(28)26-7-3-1-5-24(26)39(50)54-41)43-19-36(49)56-44-31-14-23(48)18-35-38(31)42(29-12-10-21(46)16-33(29)53-35)27-8-4-2-6-25(27)40(51)55-42/h1-18,43-48H,19H2. The summed E-state index contributed by atoms with van der Waals surface area (Å²) in [5.41, 5.74) is 2.34. The van der Waals surface area contributed by atoms with Crippen LogP contribution >= 0.6 is 0 Å². The van der Waals surface area contributed by atoms with Crippen molar-refractivity contribution in [3.63, 3.8) is 0 Å². The molecular weight excluding hydrogens is 724 g/mol. The number of rotatable bonds is 5. The number of carbonyl (C=O) groups excluding carboxylic acids is 3. The summed E-state index contributed by atoms with van der Waals surface area (Å²) in [6, 6.07) is 27.6. The van der Waals surface area contributed by atoms with Crippen LogP contribution in [0.3, 0.4) is 0 Å². The highest BCUT2D eigenvalue weighted by atomic mass is 16.7. The van der Waals surface area contributed by atoms with Gasteiger partial charge in [0.2, 0.25) is 0 Å². The Hall–Kier alpha value is -7.87. The molecule has 14 heteroatoms. The van der Waals surface area contributed by atoms with Crippen molar-refractivity contribution in [2.45, 2.75) is 11.2 Å². The van der Waals surface area contributed by atoms with Crippen LogP contribution in [0.15, 0.2) is 109 Å². The first-order chi connectivity index (χ1) is 27.1. The van der Waals surface area contributed by atoms with Gasteiger partial charge in [-0.05, 0) is 36.4 Å². The Balaban J connectivity index is 1.000. The fourth-order valence-electron chi connectivity index (χ4n) is 8.11. The molecule has 0 bridgehead atoms. The molecule has 4 heterocycles. The molecule has 0 aromatic heterocycles. The van der Waals surface area contributed by atoms with Crippen LogP contribution < -0.4 is 20.3 Å². The number of ether oxygens (including phenoxy) is 4. The highest BCUT2D eigenvalue weighted by molar-refractivity contribution is 5.99. The second-order valence-corrected chi connectivity index (χ2v) is 13.5. The van der Waals surface area contributed by atoms with Crippen LogP contribution in [-0.2, 0) is 30.3 Å². The highest BCUT2D eigenvalue weighted by Crippen LogP contribution is 2.61. The summed E-state index contributed by atoms with van der Waals surface area (Å²) < 4.78 is 24.6. The molecule has 6 N–H and O–H groups in total. The molecule has 0 aliphatic carbocycles. The maximum Gasteiger partial charge on any atom is 0.350 e. The summed E-state index contributed by atoms with van der Waals surface area (Å²) in [4.78, 5) is 45.7. The first-order valence-corrected chi connectivity index (χ1v) is 17.2. The van der Waals surface area contributed by atoms with E-state index in [1.165, 1.54) is 48.5 Å². The number of benzene rings is 6. The number of nitrogens with one attached hydrogen (secondary N) is 2. The molecule has 0 amide bonds. The van der Waals surface area contributed by atoms with Gasteiger partial charge in [0.25, 0.3) is 0 Å². The highest BCUT2D eigenvalue weighted by Gasteiger charge is 2.56. The number of phenolic OH excluding ortho intramolecular Hbond substituents is 4. The fourth-order valence-corrected chi connectivity index (χ4v) is 8.11. The van der Waals surface area contributed by atoms with Crippen LogP contribution in [0.2, 0.25) is 0 Å². The molecular formula is C42H26N2O12. The SMILES string of the molecule is O=C(CNc1cc(O)cc2c1C1(OC(=O)c3ccccc31)c1ccc(O)cc1O2)ONc1cc(O)cc2c1C1(OC(=O)c3ccccc31)c1ccc(O)cc1O2. The average molecular weight is 751 g/mol. The Labute approximate surface area is 315 Å². The van der Waals surface area contributed by atoms with Gasteiger partial charge in [0.05, 0.1) is 27.9 Å². The summed E-state index contributed by atoms with van der Waals surface area (Å²) in [6.07, 6.45) is 0. The van der Waals surface area contributed by atoms with Crippen LogP contribution in [-0.4, -0.2) is 44.9 Å². The minimum atomic E-state index is -1.64. The van der Waals surface area contributed by atoms with E-state index in [0.29, 0.717) is 27.8 Å². The van der Waals surface area contributed by atoms with Crippen LogP contribution in [0, 0.1) is 0 Å². The zero-order chi connectivity index (χ0) is 38.5. The molecule has 4 aliphatic rings. The molecule has 6 aromatic carbocycles. The molecule has 0 saturated carbocycles. The number of carbonyl (C=O) groups is 3. The minimum Gasteiger partial charge on any atom is -0.508 e. The van der Waals surface area contributed by atoms with Gasteiger partial charge in [-0.2, -0.15) is 0 Å². The Morgan fingerprint density at radius 3 is 1.55 bits per heavy atom. The molecule has 10 rings (SSSR count). The van der Waals surface area contributed by atoms with Crippen LogP contribution in [0.5, 0.6) is 46.0 Å². The number of phenols is 4. The van der Waals surface area contributed by atoms with Crippen molar-refractivity contribution >= 4 is 29.3 Å². The van der Waals surface area contributed by atoms with Gasteiger partial charge in [-0.1, -0.05) is 36.4 Å². The van der Waals surface area contributed by atoms with Crippen LogP contribution in [0.1, 0.15) is 54.1 Å². The Morgan fingerprint density at radius 1 is 0.554 bits per heavy atom. The van der Waals surface area contributed by atoms with E-state index in [2.05, 4.69) is 10.8 Å². The average Bonchev–Trinajstić information content (AvgIpc) is 3.63. The molecule has 6 aromatic rings. The second-order valence-electron chi connectivity index (χ2n) is 13.5. The largest absolute Gasteiger partial charge is 0.508 e. The number of esters is 2. The van der Waals surface area contributed by atoms with Crippen molar-refractivity contribution in [3.8, 4) is 46.0 Å². The maximum atomic E-state index is 13.5. The van der Waals surface area contributed by atoms with E-state index < -0.39 is 35.7 Å². The van der Waals surface area contributed by atoms with Crippen molar-refractivity contribution in [2.24, 2.45) is 0 Å². The summed E-state index contributed by atoms with van der Waals surface area (Å²) in [7, 11) is 0. The van der Waals surface area contributed by atoms with Crippen molar-refractivity contribution < 1.29 is 58.6 Å². The number of fused-ring (bicyclic) bond motifs is 12. The summed E-state index contributed by atoms with van der Waals surface area (Å²) >= 11 is 0. The third-order valence-electron chi connectivity index (χ3n) is 10.2. The molecule has 56 heavy (non-hydrogen) atoms. The molecule has 0 radical (unpaired) electrons. The third-order valence-corrected chi connectivity index (χ3v) is 10.2. The van der Waals surface area contributed by atoms with Gasteiger partial charge in [0.1, 0.15) is 52.5 Å². The number of hydrogen-bond donors (Lipinski definition) is 6. The fraction of sp³-hybridized carbons (Fsp3) is 0.0714. The quantitative estimate of drug-likeness (QED) is 0.0623. The van der Waals surface area contributed by atoms with Crippen molar-refractivity contribution in [1.82, 2.24) is 0 Å². The van der Waals surface area contributed by atoms with Gasteiger partial charge in [-0.15, -0.1) is 0 Å². The van der Waals surface area contributed by atoms with Gasteiger partial charge >= 0.3 is 17.9 Å². The predicted octanol–water partition coefficient (Wildman–Crippen LogP) is 6.63. The van der Waals surface area contributed by atoms with E-state index in [-0.39, 0.29) is 74.1 Å². The zero-order valence-electron chi connectivity index (χ0n) is 28.7. The van der Waals surface area contributed by atoms with Crippen molar-refractivity contribution in [2.75, 3.05) is 17.3 Å². The molecule has 0 fully saturated rings. The topological polar surface area (TPSA) is 202 Å². The van der Waals surface area contributed by atoms with Gasteiger partial charge in [-0.3, -0.25) is 0 Å². The molecule has 2 atom stereocenters. The van der Waals surface area contributed by atoms with Crippen molar-refractivity contribution in [3.05, 3.63) is 154 Å². The Bertz CT molecular complexity index is 2560. The van der Waals surface area contributed by atoms with E-state index in [4.69, 9.17) is 23.8 Å². The van der Waals surface area contributed by atoms with Crippen LogP contribution in [0.25, 0.3) is 0 Å². The Morgan fingerprint density at radius 2 is 1.02 bits per heavy atom. The first kappa shape index (κ1) is 32.8. The van der Waals surface area contributed by atoms with Gasteiger partial charge in [0, 0.05) is 64.3 Å². The number of aromatic hydroxyl groups is 4. The molecule has 2 spiro atoms. The number of hydrogen-bond acceptors (Lipinski definition) is 14. The van der Waals surface area contributed by atoms with E-state index in [0.717, 1.165) is 0 Å². The van der Waals surface area contributed by atoms with Gasteiger partial charge < -0.3 is 49.5 Å². The lowest BCUT2D eigenvalue weighted by Crippen LogP contribution is -2.35. The molecule has 0 saturated heterocycles. The third kappa shape index (κ3) is 4.52. The van der Waals surface area contributed by atoms with E-state index in [1.54, 1.807) is 60.7 Å². The zero-order valence-corrected chi connectivity index (χ0v) is 28.7. The lowest BCUT2D eigenvalue weighted by molar-refractivity contribution is -0.138. The first-order valence-electron chi connectivity index (χ1n) is 17.2. The molecule has 4 aliphatic heterocycles. The van der Waals surface area contributed by atoms with Crippen LogP contribution in [0.4, 0.5) is 11.4 Å². The summed E-state index contributed by atoms with van der Waals surface area (Å²) in [5, 5.41) is 45.1. The summed E-state index contributed by atoms with van der Waals surface area (Å²) in [6.45, 7) is -0.514. The molecule has 14 nitrogen and oxygen atoms in total. The van der Waals surface area contributed by atoms with E-state index in [9.17, 15) is 34.8 Å². The predicted molar refractivity (Wildman–Crippen MR) is 194 cm³/mol. The Kier molecular flexibility index (Phi) is 6.76. The van der Waals surface area contributed by atoms with E-state index >= 15 is 0 Å². The number of anilines is 2. The molecule has 2 unspecified atom stereocenters.